The number of hydrogen-bond acceptors (Lipinski definition) is 3. The molecule has 0 saturated heterocycles. The van der Waals surface area contributed by atoms with Gasteiger partial charge in [-0.25, -0.2) is 9.37 Å². The molecule has 1 aromatic heterocycles. The number of aryl methyl sites for hydroxylation is 1. The molecule has 3 rings (SSSR count). The van der Waals surface area contributed by atoms with Crippen LogP contribution in [0.1, 0.15) is 23.9 Å². The highest BCUT2D eigenvalue weighted by Gasteiger charge is 2.17. The summed E-state index contributed by atoms with van der Waals surface area (Å²) in [6, 6.07) is 15.9. The molecule has 0 radical (unpaired) electrons. The van der Waals surface area contributed by atoms with E-state index in [1.807, 2.05) is 32.0 Å². The van der Waals surface area contributed by atoms with Crippen LogP contribution in [0.25, 0.3) is 0 Å². The van der Waals surface area contributed by atoms with Gasteiger partial charge in [0.15, 0.2) is 5.16 Å². The number of nitrogens with one attached hydrogen (secondary N) is 2. The molecule has 0 aliphatic carbocycles. The summed E-state index contributed by atoms with van der Waals surface area (Å²) in [4.78, 5) is 20.2. The van der Waals surface area contributed by atoms with Gasteiger partial charge in [-0.15, -0.1) is 0 Å². The lowest BCUT2D eigenvalue weighted by molar-refractivity contribution is -0.115. The average molecular weight is 369 g/mol. The Kier molecular flexibility index (Phi) is 5.73. The van der Waals surface area contributed by atoms with Gasteiger partial charge in [-0.2, -0.15) is 0 Å². The number of imidazole rings is 1. The topological polar surface area (TPSA) is 57.8 Å². The van der Waals surface area contributed by atoms with Crippen molar-refractivity contribution in [1.29, 1.82) is 0 Å². The number of anilines is 1. The highest BCUT2D eigenvalue weighted by Crippen LogP contribution is 2.24. The molecule has 26 heavy (non-hydrogen) atoms. The zero-order chi connectivity index (χ0) is 18.5. The van der Waals surface area contributed by atoms with Crippen LogP contribution >= 0.6 is 11.8 Å². The minimum Gasteiger partial charge on any atom is -0.337 e. The molecule has 3 aromatic rings. The van der Waals surface area contributed by atoms with E-state index in [0.717, 1.165) is 23.0 Å². The lowest BCUT2D eigenvalue weighted by Gasteiger charge is -2.10. The molecule has 0 unspecified atom stereocenters. The van der Waals surface area contributed by atoms with E-state index in [1.165, 1.54) is 29.5 Å². The maximum atomic E-state index is 12.9. The smallest absolute Gasteiger partial charge is 0.237 e. The summed E-state index contributed by atoms with van der Waals surface area (Å²) in [6.07, 6.45) is 0.750. The SMILES string of the molecule is Cc1[nH]c(S[C@@H](C)C(=O)Nc2ccc(F)cc2)nc1Cc1ccccc1. The molecular formula is C20H20FN3OS. The van der Waals surface area contributed by atoms with Gasteiger partial charge in [-0.3, -0.25) is 4.79 Å². The van der Waals surface area contributed by atoms with E-state index in [0.29, 0.717) is 5.69 Å². The lowest BCUT2D eigenvalue weighted by Crippen LogP contribution is -2.22. The van der Waals surface area contributed by atoms with E-state index in [9.17, 15) is 9.18 Å². The van der Waals surface area contributed by atoms with Gasteiger partial charge in [0, 0.05) is 17.8 Å². The number of aromatic nitrogens is 2. The van der Waals surface area contributed by atoms with Gasteiger partial charge in [0.1, 0.15) is 5.82 Å². The van der Waals surface area contributed by atoms with Crippen LogP contribution in [0, 0.1) is 12.7 Å². The lowest BCUT2D eigenvalue weighted by atomic mass is 10.1. The van der Waals surface area contributed by atoms with Gasteiger partial charge in [0.05, 0.1) is 10.9 Å². The number of nitrogens with zero attached hydrogens (tertiary/aromatic N) is 1. The molecule has 4 nitrogen and oxygen atoms in total. The first-order chi connectivity index (χ1) is 12.5. The monoisotopic (exact) mass is 369 g/mol. The van der Waals surface area contributed by atoms with E-state index < -0.39 is 0 Å². The summed E-state index contributed by atoms with van der Waals surface area (Å²) in [6.45, 7) is 3.80. The molecule has 0 spiro atoms. The Labute approximate surface area is 156 Å². The van der Waals surface area contributed by atoms with Gasteiger partial charge < -0.3 is 10.3 Å². The largest absolute Gasteiger partial charge is 0.337 e. The van der Waals surface area contributed by atoms with E-state index in [-0.39, 0.29) is 17.0 Å². The Hall–Kier alpha value is -2.60. The van der Waals surface area contributed by atoms with Crippen LogP contribution in [0.4, 0.5) is 10.1 Å². The molecule has 0 saturated carbocycles. The first-order valence-corrected chi connectivity index (χ1v) is 9.21. The first-order valence-electron chi connectivity index (χ1n) is 8.34. The number of H-pyrrole nitrogens is 1. The van der Waals surface area contributed by atoms with Gasteiger partial charge in [-0.05, 0) is 43.7 Å². The molecule has 2 aromatic carbocycles. The van der Waals surface area contributed by atoms with Crippen molar-refractivity contribution >= 4 is 23.4 Å². The van der Waals surface area contributed by atoms with Crippen LogP contribution in [-0.2, 0) is 11.2 Å². The molecule has 0 aliphatic heterocycles. The standard InChI is InChI=1S/C20H20FN3OS/c1-13-18(12-15-6-4-3-5-7-15)24-20(22-13)26-14(2)19(25)23-17-10-8-16(21)9-11-17/h3-11,14H,12H2,1-2H3,(H,22,24)(H,23,25)/t14-/m0/s1. The molecule has 6 heteroatoms. The molecule has 0 fully saturated rings. The number of amides is 1. The Bertz CT molecular complexity index is 878. The molecule has 0 bridgehead atoms. The maximum absolute atomic E-state index is 12.9. The van der Waals surface area contributed by atoms with Crippen LogP contribution in [-0.4, -0.2) is 21.1 Å². The van der Waals surface area contributed by atoms with E-state index in [1.54, 1.807) is 12.1 Å². The van der Waals surface area contributed by atoms with Crippen molar-refractivity contribution in [1.82, 2.24) is 9.97 Å². The molecule has 1 atom stereocenters. The summed E-state index contributed by atoms with van der Waals surface area (Å²) in [5.41, 5.74) is 3.75. The number of halogens is 1. The fourth-order valence-corrected chi connectivity index (χ4v) is 3.36. The van der Waals surface area contributed by atoms with Crippen LogP contribution in [0.3, 0.4) is 0 Å². The number of benzene rings is 2. The quantitative estimate of drug-likeness (QED) is 0.626. The van der Waals surface area contributed by atoms with Crippen LogP contribution in [0.5, 0.6) is 0 Å². The Morgan fingerprint density at radius 1 is 1.19 bits per heavy atom. The average Bonchev–Trinajstić information content (AvgIpc) is 2.97. The molecule has 1 amide bonds. The van der Waals surface area contributed by atoms with Crippen molar-refractivity contribution in [2.75, 3.05) is 5.32 Å². The third kappa shape index (κ3) is 4.73. The zero-order valence-electron chi connectivity index (χ0n) is 14.6. The van der Waals surface area contributed by atoms with Crippen LogP contribution < -0.4 is 5.32 Å². The number of thioether (sulfide) groups is 1. The minimum absolute atomic E-state index is 0.153. The highest BCUT2D eigenvalue weighted by atomic mass is 32.2. The van der Waals surface area contributed by atoms with E-state index >= 15 is 0 Å². The van der Waals surface area contributed by atoms with E-state index in [2.05, 4.69) is 27.4 Å². The summed E-state index contributed by atoms with van der Waals surface area (Å²) < 4.78 is 12.9. The summed E-state index contributed by atoms with van der Waals surface area (Å²) in [7, 11) is 0. The van der Waals surface area contributed by atoms with Gasteiger partial charge >= 0.3 is 0 Å². The van der Waals surface area contributed by atoms with Gasteiger partial charge in [-0.1, -0.05) is 42.1 Å². The Morgan fingerprint density at radius 2 is 1.88 bits per heavy atom. The van der Waals surface area contributed by atoms with Crippen LogP contribution in [0.2, 0.25) is 0 Å². The number of hydrogen-bond donors (Lipinski definition) is 2. The normalized spacial score (nSPS) is 12.0. The third-order valence-corrected chi connectivity index (χ3v) is 4.93. The molecule has 134 valence electrons. The number of carbonyl (C=O) groups excluding carboxylic acids is 1. The molecule has 1 heterocycles. The second-order valence-electron chi connectivity index (χ2n) is 6.03. The predicted octanol–water partition coefficient (Wildman–Crippen LogP) is 4.57. The number of aromatic amines is 1. The Balaban J connectivity index is 1.62. The van der Waals surface area contributed by atoms with Crippen molar-refractivity contribution in [3.8, 4) is 0 Å². The fraction of sp³-hybridized carbons (Fsp3) is 0.200. The summed E-state index contributed by atoms with van der Waals surface area (Å²) in [5, 5.41) is 3.16. The molecular weight excluding hydrogens is 349 g/mol. The fourth-order valence-electron chi connectivity index (χ4n) is 2.48. The first kappa shape index (κ1) is 18.2. The summed E-state index contributed by atoms with van der Waals surface area (Å²) in [5.74, 6) is -0.484. The second-order valence-corrected chi connectivity index (χ2v) is 7.36. The van der Waals surface area contributed by atoms with Crippen molar-refractivity contribution in [2.24, 2.45) is 0 Å². The van der Waals surface area contributed by atoms with Crippen LogP contribution in [0.15, 0.2) is 59.8 Å². The number of rotatable bonds is 6. The second kappa shape index (κ2) is 8.19. The Morgan fingerprint density at radius 3 is 2.58 bits per heavy atom. The summed E-state index contributed by atoms with van der Waals surface area (Å²) >= 11 is 1.37. The van der Waals surface area contributed by atoms with E-state index in [4.69, 9.17) is 0 Å². The third-order valence-electron chi connectivity index (χ3n) is 3.95. The zero-order valence-corrected chi connectivity index (χ0v) is 15.4. The van der Waals surface area contributed by atoms with Gasteiger partial charge in [0.25, 0.3) is 0 Å². The van der Waals surface area contributed by atoms with Crippen molar-refractivity contribution in [3.63, 3.8) is 0 Å². The van der Waals surface area contributed by atoms with Gasteiger partial charge in [0.2, 0.25) is 5.91 Å². The highest BCUT2D eigenvalue weighted by molar-refractivity contribution is 8.00. The molecule has 0 aliphatic rings. The molecule has 2 N–H and O–H groups in total. The van der Waals surface area contributed by atoms with Crippen molar-refractivity contribution < 1.29 is 9.18 Å². The van der Waals surface area contributed by atoms with Crippen molar-refractivity contribution in [2.45, 2.75) is 30.7 Å². The predicted molar refractivity (Wildman–Crippen MR) is 103 cm³/mol. The number of carbonyl (C=O) groups is 1. The minimum atomic E-state index is -0.338. The maximum Gasteiger partial charge on any atom is 0.237 e. The van der Waals surface area contributed by atoms with Crippen molar-refractivity contribution in [3.05, 3.63) is 77.4 Å².